The topological polar surface area (TPSA) is 96.3 Å². The van der Waals surface area contributed by atoms with Crippen molar-refractivity contribution in [2.45, 2.75) is 63.1 Å². The Hall–Kier alpha value is -2.19. The summed E-state index contributed by atoms with van der Waals surface area (Å²) < 4.78 is 16.4. The lowest BCUT2D eigenvalue weighted by molar-refractivity contribution is 0.168. The maximum atomic E-state index is 12.5. The molecule has 1 heterocycles. The molecule has 2 aliphatic carbocycles. The minimum Gasteiger partial charge on any atom is -0.391 e. The molecule has 0 bridgehead atoms. The largest absolute Gasteiger partial charge is 0.391 e. The lowest BCUT2D eigenvalue weighted by atomic mass is 9.99. The summed E-state index contributed by atoms with van der Waals surface area (Å²) in [7, 11) is -1.75. The Morgan fingerprint density at radius 1 is 1.26 bits per heavy atom. The zero-order chi connectivity index (χ0) is 19.0. The first-order chi connectivity index (χ1) is 13.0. The van der Waals surface area contributed by atoms with Gasteiger partial charge < -0.3 is 10.4 Å². The number of urea groups is 1. The van der Waals surface area contributed by atoms with Gasteiger partial charge in [-0.1, -0.05) is 6.07 Å². The van der Waals surface area contributed by atoms with Crippen LogP contribution in [0.2, 0.25) is 0 Å². The minimum absolute atomic E-state index is 0.259. The van der Waals surface area contributed by atoms with Gasteiger partial charge in [-0.25, -0.2) is 9.00 Å². The first-order valence-electron chi connectivity index (χ1n) is 9.38. The van der Waals surface area contributed by atoms with Gasteiger partial charge in [0.05, 0.1) is 12.6 Å². The Balaban J connectivity index is 1.47. The SMILES string of the molecule is C[C@@H](O)Cn1ccc(S(=O)NC(=O)Nc2c3c(cc4c2CCC4)CCC3)n1. The van der Waals surface area contributed by atoms with Gasteiger partial charge in [-0.05, 0) is 73.8 Å². The van der Waals surface area contributed by atoms with Crippen LogP contribution in [0.1, 0.15) is 42.0 Å². The van der Waals surface area contributed by atoms with Crippen LogP contribution in [0.15, 0.2) is 23.4 Å². The molecule has 4 rings (SSSR count). The number of nitrogens with one attached hydrogen (secondary N) is 2. The molecule has 27 heavy (non-hydrogen) atoms. The molecule has 0 saturated heterocycles. The summed E-state index contributed by atoms with van der Waals surface area (Å²) >= 11 is 0. The van der Waals surface area contributed by atoms with Crippen LogP contribution < -0.4 is 10.0 Å². The number of carbonyl (C=O) groups is 1. The second-order valence-electron chi connectivity index (χ2n) is 7.28. The van der Waals surface area contributed by atoms with E-state index in [-0.39, 0.29) is 5.03 Å². The van der Waals surface area contributed by atoms with E-state index >= 15 is 0 Å². The highest BCUT2D eigenvalue weighted by atomic mass is 32.2. The second kappa shape index (κ2) is 7.44. The number of aliphatic hydroxyl groups is 1. The van der Waals surface area contributed by atoms with E-state index in [1.54, 1.807) is 19.2 Å². The molecule has 2 atom stereocenters. The van der Waals surface area contributed by atoms with E-state index in [4.69, 9.17) is 0 Å². The summed E-state index contributed by atoms with van der Waals surface area (Å²) in [6.07, 6.45) is 7.39. The number of hydrogen-bond donors (Lipinski definition) is 3. The summed E-state index contributed by atoms with van der Waals surface area (Å²) in [6, 6.07) is 3.41. The number of aliphatic hydroxyl groups excluding tert-OH is 1. The predicted molar refractivity (Wildman–Crippen MR) is 103 cm³/mol. The van der Waals surface area contributed by atoms with E-state index in [2.05, 4.69) is 21.2 Å². The van der Waals surface area contributed by atoms with Crippen molar-refractivity contribution >= 4 is 22.7 Å². The molecule has 0 fully saturated rings. The third-order valence-electron chi connectivity index (χ3n) is 5.15. The molecule has 2 amide bonds. The average Bonchev–Trinajstić information content (AvgIpc) is 3.33. The van der Waals surface area contributed by atoms with E-state index in [1.807, 2.05) is 0 Å². The molecule has 0 spiro atoms. The Bertz CT molecular complexity index is 874. The van der Waals surface area contributed by atoms with Crippen LogP contribution in [0.3, 0.4) is 0 Å². The molecule has 1 unspecified atom stereocenters. The standard InChI is InChI=1S/C19H24N4O3S/c1-12(24)11-23-9-8-17(21-23)27(26)22-19(25)20-18-15-6-2-4-13(15)10-14-5-3-7-16(14)18/h8-10,12,24H,2-7,11H2,1H3,(H2,20,22,25)/t12-,27?/m1/s1. The van der Waals surface area contributed by atoms with Crippen molar-refractivity contribution < 1.29 is 14.1 Å². The molecule has 0 radical (unpaired) electrons. The van der Waals surface area contributed by atoms with Crippen LogP contribution in [0, 0.1) is 0 Å². The van der Waals surface area contributed by atoms with Crippen molar-refractivity contribution in [2.75, 3.05) is 5.32 Å². The highest BCUT2D eigenvalue weighted by molar-refractivity contribution is 7.83. The van der Waals surface area contributed by atoms with Crippen molar-refractivity contribution in [3.8, 4) is 0 Å². The van der Waals surface area contributed by atoms with Crippen molar-refractivity contribution in [1.82, 2.24) is 14.5 Å². The van der Waals surface area contributed by atoms with Crippen molar-refractivity contribution in [3.63, 3.8) is 0 Å². The fourth-order valence-corrected chi connectivity index (χ4v) is 4.74. The van der Waals surface area contributed by atoms with Crippen molar-refractivity contribution in [1.29, 1.82) is 0 Å². The van der Waals surface area contributed by atoms with Gasteiger partial charge in [0.25, 0.3) is 0 Å². The highest BCUT2D eigenvalue weighted by Gasteiger charge is 2.25. The summed E-state index contributed by atoms with van der Waals surface area (Å²) in [4.78, 5) is 12.5. The lowest BCUT2D eigenvalue weighted by Gasteiger charge is -2.16. The Labute approximate surface area is 160 Å². The van der Waals surface area contributed by atoms with Gasteiger partial charge in [0.2, 0.25) is 0 Å². The Morgan fingerprint density at radius 2 is 1.93 bits per heavy atom. The van der Waals surface area contributed by atoms with Crippen LogP contribution in [0.5, 0.6) is 0 Å². The zero-order valence-corrected chi connectivity index (χ0v) is 16.1. The number of carbonyl (C=O) groups excluding carboxylic acids is 1. The number of hydrogen-bond acceptors (Lipinski definition) is 4. The third-order valence-corrected chi connectivity index (χ3v) is 6.12. The monoisotopic (exact) mass is 388 g/mol. The normalized spacial score (nSPS) is 17.3. The van der Waals surface area contributed by atoms with Crippen molar-refractivity contribution in [2.24, 2.45) is 0 Å². The van der Waals surface area contributed by atoms with Gasteiger partial charge in [-0.2, -0.15) is 5.10 Å². The fourth-order valence-electron chi connectivity index (χ4n) is 4.06. The average molecular weight is 388 g/mol. The first-order valence-corrected chi connectivity index (χ1v) is 10.5. The Kier molecular flexibility index (Phi) is 5.01. The van der Waals surface area contributed by atoms with Gasteiger partial charge in [0, 0.05) is 11.9 Å². The maximum absolute atomic E-state index is 12.5. The number of rotatable bonds is 5. The van der Waals surface area contributed by atoms with Gasteiger partial charge in [-0.15, -0.1) is 0 Å². The van der Waals surface area contributed by atoms with E-state index in [0.29, 0.717) is 6.54 Å². The lowest BCUT2D eigenvalue weighted by Crippen LogP contribution is -2.31. The molecular weight excluding hydrogens is 364 g/mol. The fraction of sp³-hybridized carbons (Fsp3) is 0.474. The van der Waals surface area contributed by atoms with Crippen LogP contribution in [-0.2, 0) is 43.2 Å². The molecule has 3 N–H and O–H groups in total. The van der Waals surface area contributed by atoms with Crippen molar-refractivity contribution in [3.05, 3.63) is 40.6 Å². The molecule has 0 aliphatic heterocycles. The molecule has 8 heteroatoms. The second-order valence-corrected chi connectivity index (χ2v) is 8.44. The molecule has 1 aromatic carbocycles. The highest BCUT2D eigenvalue weighted by Crippen LogP contribution is 2.38. The predicted octanol–water partition coefficient (Wildman–Crippen LogP) is 2.09. The van der Waals surface area contributed by atoms with Gasteiger partial charge >= 0.3 is 6.03 Å². The maximum Gasteiger partial charge on any atom is 0.331 e. The van der Waals surface area contributed by atoms with E-state index in [0.717, 1.165) is 44.2 Å². The van der Waals surface area contributed by atoms with Crippen LogP contribution in [0.25, 0.3) is 0 Å². The summed E-state index contributed by atoms with van der Waals surface area (Å²) in [5.41, 5.74) is 6.06. The molecule has 2 aliphatic rings. The van der Waals surface area contributed by atoms with E-state index < -0.39 is 23.1 Å². The molecule has 7 nitrogen and oxygen atoms in total. The summed E-state index contributed by atoms with van der Waals surface area (Å²) in [6.45, 7) is 1.96. The molecule has 0 saturated carbocycles. The van der Waals surface area contributed by atoms with E-state index in [1.165, 1.54) is 26.9 Å². The summed E-state index contributed by atoms with van der Waals surface area (Å²) in [5.74, 6) is 0. The Morgan fingerprint density at radius 3 is 2.56 bits per heavy atom. The number of aromatic nitrogens is 2. The first kappa shape index (κ1) is 18.2. The number of benzene rings is 1. The quantitative estimate of drug-likeness (QED) is 0.731. The third kappa shape index (κ3) is 3.77. The van der Waals surface area contributed by atoms with E-state index in [9.17, 15) is 14.1 Å². The number of aryl methyl sites for hydroxylation is 2. The zero-order valence-electron chi connectivity index (χ0n) is 15.3. The number of anilines is 1. The van der Waals surface area contributed by atoms with Crippen LogP contribution >= 0.6 is 0 Å². The van der Waals surface area contributed by atoms with Gasteiger partial charge in [-0.3, -0.25) is 9.40 Å². The number of nitrogens with zero attached hydrogens (tertiary/aromatic N) is 2. The minimum atomic E-state index is -1.75. The smallest absolute Gasteiger partial charge is 0.331 e. The van der Waals surface area contributed by atoms with Gasteiger partial charge in [0.1, 0.15) is 0 Å². The molecule has 2 aromatic rings. The number of fused-ring (bicyclic) bond motifs is 2. The molecular formula is C19H24N4O3S. The van der Waals surface area contributed by atoms with Gasteiger partial charge in [0.15, 0.2) is 16.0 Å². The van der Waals surface area contributed by atoms with Crippen LogP contribution in [-0.4, -0.2) is 31.2 Å². The molecule has 144 valence electrons. The summed E-state index contributed by atoms with van der Waals surface area (Å²) in [5, 5.41) is 16.8. The number of amides is 2. The van der Waals surface area contributed by atoms with Crippen LogP contribution in [0.4, 0.5) is 10.5 Å². The molecule has 1 aromatic heterocycles.